The number of nitro benzene ring substituents is 2. The van der Waals surface area contributed by atoms with Crippen LogP contribution >= 0.6 is 0 Å². The van der Waals surface area contributed by atoms with Crippen molar-refractivity contribution in [3.8, 4) is 0 Å². The predicted octanol–water partition coefficient (Wildman–Crippen LogP) is 4.09. The lowest BCUT2D eigenvalue weighted by molar-refractivity contribution is -0.393. The Kier molecular flexibility index (Phi) is 4.69. The van der Waals surface area contributed by atoms with Gasteiger partial charge in [-0.1, -0.05) is 30.3 Å². The number of hydrogen-bond donors (Lipinski definition) is 1. The molecular weight excluding hydrogens is 324 g/mol. The van der Waals surface area contributed by atoms with Crippen molar-refractivity contribution in [1.82, 2.24) is 0 Å². The highest BCUT2D eigenvalue weighted by atomic mass is 16.6. The van der Waals surface area contributed by atoms with Gasteiger partial charge in [-0.15, -0.1) is 0 Å². The second-order valence-corrected chi connectivity index (χ2v) is 5.88. The first-order chi connectivity index (χ1) is 12.1. The number of benzene rings is 2. The molecule has 1 aliphatic rings. The van der Waals surface area contributed by atoms with Crippen LogP contribution in [-0.4, -0.2) is 16.1 Å². The van der Waals surface area contributed by atoms with Crippen LogP contribution in [0.25, 0.3) is 0 Å². The van der Waals surface area contributed by atoms with Gasteiger partial charge in [-0.2, -0.15) is 5.10 Å². The van der Waals surface area contributed by atoms with E-state index in [1.165, 1.54) is 12.1 Å². The minimum absolute atomic E-state index is 0.120. The number of nitro groups is 2. The van der Waals surface area contributed by atoms with Gasteiger partial charge in [0.15, 0.2) is 0 Å². The summed E-state index contributed by atoms with van der Waals surface area (Å²) in [5.74, 6) is 0.672. The first kappa shape index (κ1) is 16.6. The topological polar surface area (TPSA) is 111 Å². The van der Waals surface area contributed by atoms with Gasteiger partial charge < -0.3 is 0 Å². The molecule has 0 aliphatic heterocycles. The van der Waals surface area contributed by atoms with Gasteiger partial charge in [-0.05, 0) is 30.4 Å². The maximum Gasteiger partial charge on any atom is 0.301 e. The molecule has 2 aromatic carbocycles. The molecule has 25 heavy (non-hydrogen) atoms. The van der Waals surface area contributed by atoms with Crippen LogP contribution in [0.15, 0.2) is 53.6 Å². The summed E-state index contributed by atoms with van der Waals surface area (Å²) in [5.41, 5.74) is 3.20. The van der Waals surface area contributed by atoms with Gasteiger partial charge in [-0.25, -0.2) is 0 Å². The second kappa shape index (κ2) is 7.08. The number of rotatable bonds is 7. The summed E-state index contributed by atoms with van der Waals surface area (Å²) in [6.45, 7) is 0. The van der Waals surface area contributed by atoms with Crippen molar-refractivity contribution in [1.29, 1.82) is 0 Å². The standard InChI is InChI=1S/C17H16N4O4/c22-20(23)14-8-9-16(17(10-14)21(24)25)19-18-11-15(13-6-7-13)12-4-2-1-3-5-12/h1-5,8-11,13,15,19H,6-7H2. The van der Waals surface area contributed by atoms with Crippen LogP contribution in [0, 0.1) is 26.1 Å². The smallest absolute Gasteiger partial charge is 0.272 e. The van der Waals surface area contributed by atoms with Crippen molar-refractivity contribution in [3.63, 3.8) is 0 Å². The fourth-order valence-electron chi connectivity index (χ4n) is 2.68. The van der Waals surface area contributed by atoms with Crippen LogP contribution < -0.4 is 5.43 Å². The lowest BCUT2D eigenvalue weighted by Crippen LogP contribution is -2.05. The Morgan fingerprint density at radius 3 is 2.40 bits per heavy atom. The molecule has 0 heterocycles. The summed E-state index contributed by atoms with van der Waals surface area (Å²) in [7, 11) is 0. The first-order valence-corrected chi connectivity index (χ1v) is 7.83. The molecule has 0 aromatic heterocycles. The molecule has 0 saturated heterocycles. The summed E-state index contributed by atoms with van der Waals surface area (Å²) >= 11 is 0. The van der Waals surface area contributed by atoms with E-state index in [-0.39, 0.29) is 23.0 Å². The van der Waals surface area contributed by atoms with E-state index in [9.17, 15) is 20.2 Å². The SMILES string of the molecule is O=[N+]([O-])c1ccc(NN=CC(c2ccccc2)C2CC2)c([N+](=O)[O-])c1. The van der Waals surface area contributed by atoms with Crippen molar-refractivity contribution >= 4 is 23.3 Å². The van der Waals surface area contributed by atoms with Gasteiger partial charge in [0.05, 0.1) is 15.9 Å². The van der Waals surface area contributed by atoms with Gasteiger partial charge in [0.1, 0.15) is 5.69 Å². The zero-order valence-corrected chi connectivity index (χ0v) is 13.2. The van der Waals surface area contributed by atoms with Crippen LogP contribution in [0.4, 0.5) is 17.1 Å². The Balaban J connectivity index is 1.79. The van der Waals surface area contributed by atoms with E-state index in [0.717, 1.165) is 24.5 Å². The van der Waals surface area contributed by atoms with Gasteiger partial charge in [0.2, 0.25) is 0 Å². The zero-order valence-electron chi connectivity index (χ0n) is 13.2. The quantitative estimate of drug-likeness (QED) is 0.463. The number of hydrogen-bond acceptors (Lipinski definition) is 6. The molecule has 1 atom stereocenters. The Hall–Kier alpha value is -3.29. The van der Waals surface area contributed by atoms with E-state index in [4.69, 9.17) is 0 Å². The van der Waals surface area contributed by atoms with Crippen LogP contribution in [0.3, 0.4) is 0 Å². The minimum Gasteiger partial charge on any atom is -0.272 e. The molecule has 3 rings (SSSR count). The number of non-ortho nitro benzene ring substituents is 1. The average molecular weight is 340 g/mol. The van der Waals surface area contributed by atoms with Gasteiger partial charge in [0.25, 0.3) is 5.69 Å². The van der Waals surface area contributed by atoms with E-state index in [1.807, 2.05) is 30.3 Å². The molecule has 1 unspecified atom stereocenters. The minimum atomic E-state index is -0.668. The maximum atomic E-state index is 11.1. The molecule has 8 nitrogen and oxygen atoms in total. The highest BCUT2D eigenvalue weighted by Gasteiger charge is 2.31. The normalized spacial score (nSPS) is 15.0. The lowest BCUT2D eigenvalue weighted by Gasteiger charge is -2.11. The third kappa shape index (κ3) is 3.97. The fourth-order valence-corrected chi connectivity index (χ4v) is 2.68. The van der Waals surface area contributed by atoms with Crippen LogP contribution in [-0.2, 0) is 0 Å². The zero-order chi connectivity index (χ0) is 17.8. The first-order valence-electron chi connectivity index (χ1n) is 7.83. The Morgan fingerprint density at radius 2 is 1.80 bits per heavy atom. The average Bonchev–Trinajstić information content (AvgIpc) is 3.44. The Bertz CT molecular complexity index is 819. The molecule has 0 radical (unpaired) electrons. The van der Waals surface area contributed by atoms with Crippen molar-refractivity contribution in [3.05, 3.63) is 74.3 Å². The van der Waals surface area contributed by atoms with E-state index < -0.39 is 9.85 Å². The summed E-state index contributed by atoms with van der Waals surface area (Å²) in [4.78, 5) is 20.6. The van der Waals surface area contributed by atoms with Gasteiger partial charge in [0, 0.05) is 18.2 Å². The number of nitrogens with zero attached hydrogens (tertiary/aromatic N) is 3. The molecule has 8 heteroatoms. The van der Waals surface area contributed by atoms with E-state index in [2.05, 4.69) is 10.5 Å². The van der Waals surface area contributed by atoms with Crippen molar-refractivity contribution in [2.45, 2.75) is 18.8 Å². The molecule has 0 bridgehead atoms. The van der Waals surface area contributed by atoms with E-state index in [0.29, 0.717) is 5.92 Å². The maximum absolute atomic E-state index is 11.1. The van der Waals surface area contributed by atoms with Crippen molar-refractivity contribution in [2.75, 3.05) is 5.43 Å². The predicted molar refractivity (Wildman–Crippen MR) is 93.8 cm³/mol. The second-order valence-electron chi connectivity index (χ2n) is 5.88. The lowest BCUT2D eigenvalue weighted by atomic mass is 9.96. The summed E-state index contributed by atoms with van der Waals surface area (Å²) < 4.78 is 0. The number of nitrogens with one attached hydrogen (secondary N) is 1. The molecule has 0 spiro atoms. The molecule has 1 aliphatic carbocycles. The summed E-state index contributed by atoms with van der Waals surface area (Å²) in [6, 6.07) is 13.4. The number of hydrazone groups is 1. The largest absolute Gasteiger partial charge is 0.301 e. The highest BCUT2D eigenvalue weighted by molar-refractivity contribution is 5.72. The fraction of sp³-hybridized carbons (Fsp3) is 0.235. The van der Waals surface area contributed by atoms with E-state index in [1.54, 1.807) is 6.21 Å². The Morgan fingerprint density at radius 1 is 1.08 bits per heavy atom. The summed E-state index contributed by atoms with van der Waals surface area (Å²) in [5, 5.41) is 26.0. The monoisotopic (exact) mass is 340 g/mol. The molecule has 1 saturated carbocycles. The third-order valence-electron chi connectivity index (χ3n) is 4.12. The van der Waals surface area contributed by atoms with Crippen LogP contribution in [0.1, 0.15) is 24.3 Å². The number of anilines is 1. The van der Waals surface area contributed by atoms with Crippen molar-refractivity contribution in [2.24, 2.45) is 11.0 Å². The summed E-state index contributed by atoms with van der Waals surface area (Å²) in [6.07, 6.45) is 4.00. The third-order valence-corrected chi connectivity index (χ3v) is 4.12. The highest BCUT2D eigenvalue weighted by Crippen LogP contribution is 2.41. The molecular formula is C17H16N4O4. The van der Waals surface area contributed by atoms with Gasteiger partial charge >= 0.3 is 5.69 Å². The molecule has 2 aromatic rings. The molecule has 0 amide bonds. The van der Waals surface area contributed by atoms with Crippen LogP contribution in [0.5, 0.6) is 0 Å². The molecule has 1 N–H and O–H groups in total. The van der Waals surface area contributed by atoms with E-state index >= 15 is 0 Å². The van der Waals surface area contributed by atoms with Crippen LogP contribution in [0.2, 0.25) is 0 Å². The van der Waals surface area contributed by atoms with Gasteiger partial charge in [-0.3, -0.25) is 25.7 Å². The molecule has 1 fully saturated rings. The Labute approximate surface area is 143 Å². The van der Waals surface area contributed by atoms with Crippen molar-refractivity contribution < 1.29 is 9.85 Å². The molecule has 128 valence electrons.